The zero-order valence-corrected chi connectivity index (χ0v) is 13.7. The first kappa shape index (κ1) is 16.6. The number of ether oxygens (including phenoxy) is 2. The Balaban J connectivity index is 2.14. The number of nitrogens with two attached hydrogens (primary N) is 1. The van der Waals surface area contributed by atoms with Gasteiger partial charge >= 0.3 is 0 Å². The molecule has 0 saturated heterocycles. The van der Waals surface area contributed by atoms with Crippen LogP contribution in [0.4, 0.5) is 5.69 Å². The lowest BCUT2D eigenvalue weighted by atomic mass is 9.99. The molecule has 1 aromatic rings. The van der Waals surface area contributed by atoms with E-state index in [0.717, 1.165) is 24.9 Å². The Morgan fingerprint density at radius 1 is 1.27 bits per heavy atom. The van der Waals surface area contributed by atoms with E-state index in [1.807, 2.05) is 25.1 Å². The lowest BCUT2D eigenvalue weighted by molar-refractivity contribution is -0.119. The number of benzene rings is 1. The highest BCUT2D eigenvalue weighted by atomic mass is 16.5. The van der Waals surface area contributed by atoms with E-state index >= 15 is 0 Å². The highest BCUT2D eigenvalue weighted by molar-refractivity contribution is 5.93. The van der Waals surface area contributed by atoms with Crippen molar-refractivity contribution in [3.8, 4) is 11.5 Å². The third-order valence-electron chi connectivity index (χ3n) is 4.45. The van der Waals surface area contributed by atoms with Crippen molar-refractivity contribution in [1.82, 2.24) is 0 Å². The van der Waals surface area contributed by atoms with E-state index in [1.165, 1.54) is 0 Å². The summed E-state index contributed by atoms with van der Waals surface area (Å²) < 4.78 is 10.6. The maximum absolute atomic E-state index is 12.6. The van der Waals surface area contributed by atoms with E-state index in [4.69, 9.17) is 15.2 Å². The summed E-state index contributed by atoms with van der Waals surface area (Å²) in [4.78, 5) is 14.4. The Bertz CT molecular complexity index is 519. The average Bonchev–Trinajstić information content (AvgIpc) is 2.93. The van der Waals surface area contributed by atoms with E-state index in [-0.39, 0.29) is 11.9 Å². The van der Waals surface area contributed by atoms with E-state index in [2.05, 4.69) is 0 Å². The quantitative estimate of drug-likeness (QED) is 0.877. The molecule has 0 aromatic heterocycles. The molecule has 22 heavy (non-hydrogen) atoms. The van der Waals surface area contributed by atoms with E-state index in [0.29, 0.717) is 30.4 Å². The average molecular weight is 306 g/mol. The van der Waals surface area contributed by atoms with Crippen LogP contribution >= 0.6 is 0 Å². The Morgan fingerprint density at radius 3 is 2.55 bits per heavy atom. The van der Waals surface area contributed by atoms with Gasteiger partial charge in [0.25, 0.3) is 0 Å². The number of amides is 1. The third-order valence-corrected chi connectivity index (χ3v) is 4.45. The molecular formula is C17H26N2O3. The Kier molecular flexibility index (Phi) is 5.66. The van der Waals surface area contributed by atoms with Gasteiger partial charge in [-0.1, -0.05) is 6.42 Å². The molecule has 0 aliphatic heterocycles. The molecule has 0 bridgehead atoms. The first-order valence-corrected chi connectivity index (χ1v) is 7.88. The third kappa shape index (κ3) is 3.53. The van der Waals surface area contributed by atoms with Gasteiger partial charge in [0.1, 0.15) is 0 Å². The molecule has 1 aliphatic carbocycles. The Labute approximate surface area is 132 Å². The Morgan fingerprint density at radius 2 is 2.00 bits per heavy atom. The fourth-order valence-electron chi connectivity index (χ4n) is 3.15. The molecule has 1 aliphatic rings. The van der Waals surface area contributed by atoms with Crippen LogP contribution in [0.25, 0.3) is 0 Å². The van der Waals surface area contributed by atoms with Gasteiger partial charge in [0.05, 0.1) is 14.2 Å². The summed E-state index contributed by atoms with van der Waals surface area (Å²) in [5.74, 6) is 1.72. The highest BCUT2D eigenvalue weighted by Crippen LogP contribution is 2.33. The van der Waals surface area contributed by atoms with E-state index < -0.39 is 0 Å². The van der Waals surface area contributed by atoms with Crippen LogP contribution in [-0.4, -0.2) is 32.7 Å². The predicted molar refractivity (Wildman–Crippen MR) is 87.5 cm³/mol. The number of rotatable bonds is 6. The minimum Gasteiger partial charge on any atom is -0.493 e. The summed E-state index contributed by atoms with van der Waals surface area (Å²) in [5, 5.41) is 0. The van der Waals surface area contributed by atoms with Gasteiger partial charge in [-0.15, -0.1) is 0 Å². The van der Waals surface area contributed by atoms with Crippen molar-refractivity contribution in [3.63, 3.8) is 0 Å². The number of hydrogen-bond acceptors (Lipinski definition) is 4. The molecule has 0 unspecified atom stereocenters. The van der Waals surface area contributed by atoms with Crippen LogP contribution in [0.1, 0.15) is 32.6 Å². The van der Waals surface area contributed by atoms with Crippen molar-refractivity contribution in [1.29, 1.82) is 0 Å². The smallest absolute Gasteiger partial charge is 0.227 e. The van der Waals surface area contributed by atoms with Crippen molar-refractivity contribution in [2.75, 3.05) is 25.7 Å². The molecular weight excluding hydrogens is 280 g/mol. The van der Waals surface area contributed by atoms with Crippen LogP contribution in [0.2, 0.25) is 0 Å². The standard InChI is InChI=1S/C17H26N2O3/c1-4-19(17(20)10-12-6-5-7-14(12)18)13-8-9-15(21-2)16(11-13)22-3/h8-9,11-12,14H,4-7,10,18H2,1-3H3/t12-,14+/m0/s1. The van der Waals surface area contributed by atoms with E-state index in [1.54, 1.807) is 19.1 Å². The molecule has 0 spiro atoms. The molecule has 1 fully saturated rings. The van der Waals surface area contributed by atoms with Crippen molar-refractivity contribution in [3.05, 3.63) is 18.2 Å². The van der Waals surface area contributed by atoms with Crippen molar-refractivity contribution in [2.45, 2.75) is 38.6 Å². The minimum absolute atomic E-state index is 0.122. The predicted octanol–water partition coefficient (Wildman–Crippen LogP) is 2.57. The monoisotopic (exact) mass is 306 g/mol. The largest absolute Gasteiger partial charge is 0.493 e. The zero-order valence-electron chi connectivity index (χ0n) is 13.7. The fourth-order valence-corrected chi connectivity index (χ4v) is 3.15. The normalized spacial score (nSPS) is 20.7. The van der Waals surface area contributed by atoms with Crippen LogP contribution in [-0.2, 0) is 4.79 Å². The van der Waals surface area contributed by atoms with Crippen molar-refractivity contribution in [2.24, 2.45) is 11.7 Å². The number of anilines is 1. The van der Waals surface area contributed by atoms with Gasteiger partial charge in [-0.25, -0.2) is 0 Å². The number of hydrogen-bond donors (Lipinski definition) is 1. The SMILES string of the molecule is CCN(C(=O)C[C@@H]1CCC[C@H]1N)c1ccc(OC)c(OC)c1. The molecule has 1 aromatic carbocycles. The maximum Gasteiger partial charge on any atom is 0.227 e. The van der Waals surface area contributed by atoms with Gasteiger partial charge in [0.2, 0.25) is 5.91 Å². The van der Waals surface area contributed by atoms with Gasteiger partial charge in [0.15, 0.2) is 11.5 Å². The molecule has 2 N–H and O–H groups in total. The topological polar surface area (TPSA) is 64.8 Å². The number of carbonyl (C=O) groups excluding carboxylic acids is 1. The second kappa shape index (κ2) is 7.49. The number of methoxy groups -OCH3 is 2. The van der Waals surface area contributed by atoms with Crippen LogP contribution in [0.15, 0.2) is 18.2 Å². The second-order valence-corrected chi connectivity index (χ2v) is 5.74. The molecule has 5 heteroatoms. The molecule has 0 heterocycles. The first-order chi connectivity index (χ1) is 10.6. The van der Waals surface area contributed by atoms with Crippen molar-refractivity contribution < 1.29 is 14.3 Å². The second-order valence-electron chi connectivity index (χ2n) is 5.74. The molecule has 1 saturated carbocycles. The highest BCUT2D eigenvalue weighted by Gasteiger charge is 2.28. The molecule has 0 radical (unpaired) electrons. The maximum atomic E-state index is 12.6. The zero-order chi connectivity index (χ0) is 16.1. The lowest BCUT2D eigenvalue weighted by Crippen LogP contribution is -2.35. The van der Waals surface area contributed by atoms with Crippen LogP contribution in [0.5, 0.6) is 11.5 Å². The van der Waals surface area contributed by atoms with Crippen LogP contribution < -0.4 is 20.1 Å². The lowest BCUT2D eigenvalue weighted by Gasteiger charge is -2.24. The van der Waals surface area contributed by atoms with E-state index in [9.17, 15) is 4.79 Å². The molecule has 5 nitrogen and oxygen atoms in total. The van der Waals surface area contributed by atoms with Crippen LogP contribution in [0, 0.1) is 5.92 Å². The Hall–Kier alpha value is -1.75. The molecule has 2 atom stereocenters. The van der Waals surface area contributed by atoms with Gasteiger partial charge in [-0.3, -0.25) is 4.79 Å². The summed E-state index contributed by atoms with van der Waals surface area (Å²) in [7, 11) is 3.19. The fraction of sp³-hybridized carbons (Fsp3) is 0.588. The van der Waals surface area contributed by atoms with Gasteiger partial charge in [-0.2, -0.15) is 0 Å². The molecule has 2 rings (SSSR count). The van der Waals surface area contributed by atoms with Crippen molar-refractivity contribution >= 4 is 11.6 Å². The first-order valence-electron chi connectivity index (χ1n) is 7.88. The summed E-state index contributed by atoms with van der Waals surface area (Å²) in [6.07, 6.45) is 3.72. The molecule has 1 amide bonds. The summed E-state index contributed by atoms with van der Waals surface area (Å²) in [6, 6.07) is 5.71. The summed E-state index contributed by atoms with van der Waals surface area (Å²) in [6.45, 7) is 2.60. The number of nitrogens with zero attached hydrogens (tertiary/aromatic N) is 1. The van der Waals surface area contributed by atoms with Gasteiger partial charge in [0, 0.05) is 30.8 Å². The van der Waals surface area contributed by atoms with Crippen LogP contribution in [0.3, 0.4) is 0 Å². The minimum atomic E-state index is 0.122. The van der Waals surface area contributed by atoms with Gasteiger partial charge in [-0.05, 0) is 37.8 Å². The summed E-state index contributed by atoms with van der Waals surface area (Å²) in [5.41, 5.74) is 6.91. The number of carbonyl (C=O) groups is 1. The molecule has 122 valence electrons. The summed E-state index contributed by atoms with van der Waals surface area (Å²) >= 11 is 0. The van der Waals surface area contributed by atoms with Gasteiger partial charge < -0.3 is 20.1 Å².